The van der Waals surface area contributed by atoms with Gasteiger partial charge in [0.2, 0.25) is 17.6 Å². The Morgan fingerprint density at radius 1 is 0.660 bits per heavy atom. The summed E-state index contributed by atoms with van der Waals surface area (Å²) in [6.07, 6.45) is 5.75. The van der Waals surface area contributed by atoms with Crippen molar-refractivity contribution >= 4 is 39.9 Å². The maximum absolute atomic E-state index is 10.9. The monoisotopic (exact) mass is 781 g/mol. The normalized spacial score (nSPS) is 10.3. The van der Waals surface area contributed by atoms with Crippen molar-refractivity contribution in [2.45, 2.75) is 6.42 Å². The minimum absolute atomic E-state index is 0.0701. The molecule has 0 saturated heterocycles. The van der Waals surface area contributed by atoms with Crippen LogP contribution in [0, 0.1) is 20.2 Å². The third-order valence-corrected chi connectivity index (χ3v) is 8.23. The second-order valence-electron chi connectivity index (χ2n) is 10.8. The van der Waals surface area contributed by atoms with Crippen molar-refractivity contribution in [2.75, 3.05) is 21.3 Å². The van der Waals surface area contributed by atoms with E-state index in [9.17, 15) is 20.2 Å². The molecule has 2 N–H and O–H groups in total. The highest BCUT2D eigenvalue weighted by atomic mass is 79.9. The maximum Gasteiger partial charge on any atom is 0.488 e. The van der Waals surface area contributed by atoms with E-state index in [4.69, 9.17) is 24.3 Å². The molecule has 3 heterocycles. The zero-order valence-corrected chi connectivity index (χ0v) is 30.3. The molecule has 0 fully saturated rings. The van der Waals surface area contributed by atoms with Gasteiger partial charge in [0.15, 0.2) is 0 Å². The first-order chi connectivity index (χ1) is 25.6. The summed E-state index contributed by atoms with van der Waals surface area (Å²) < 4.78 is 15.6. The largest absolute Gasteiger partial charge is 0.488 e. The molecule has 1 aliphatic rings. The second kappa shape index (κ2) is 19.4. The van der Waals surface area contributed by atoms with Crippen molar-refractivity contribution in [3.05, 3.63) is 158 Å². The van der Waals surface area contributed by atoms with Crippen molar-refractivity contribution in [3.63, 3.8) is 0 Å². The number of ether oxygens (including phenoxy) is 3. The van der Waals surface area contributed by atoms with Gasteiger partial charge < -0.3 is 24.3 Å². The summed E-state index contributed by atoms with van der Waals surface area (Å²) in [5, 5.41) is 38.5. The van der Waals surface area contributed by atoms with E-state index in [1.54, 1.807) is 68.0 Å². The minimum atomic E-state index is -1.47. The number of halogens is 1. The van der Waals surface area contributed by atoms with Crippen LogP contribution in [0.2, 0.25) is 0 Å². The Labute approximate surface area is 313 Å². The molecule has 3 aromatic heterocycles. The third-order valence-electron chi connectivity index (χ3n) is 7.56. The van der Waals surface area contributed by atoms with Gasteiger partial charge in [-0.05, 0) is 74.0 Å². The number of pyridine rings is 3. The van der Waals surface area contributed by atoms with Gasteiger partial charge in [0, 0.05) is 54.8 Å². The van der Waals surface area contributed by atoms with Gasteiger partial charge in [-0.1, -0.05) is 48.5 Å². The highest BCUT2D eigenvalue weighted by molar-refractivity contribution is 9.10. The fourth-order valence-electron chi connectivity index (χ4n) is 5.06. The summed E-state index contributed by atoms with van der Waals surface area (Å²) >= 11 is 3.06. The molecule has 0 radical (unpaired) electrons. The number of rotatable bonds is 7. The predicted molar refractivity (Wildman–Crippen MR) is 203 cm³/mol. The Morgan fingerprint density at radius 2 is 1.23 bits per heavy atom. The van der Waals surface area contributed by atoms with Crippen molar-refractivity contribution in [1.82, 2.24) is 15.0 Å². The molecule has 14 nitrogen and oxygen atoms in total. The van der Waals surface area contributed by atoms with Gasteiger partial charge in [0.1, 0.15) is 0 Å². The zero-order valence-electron chi connectivity index (χ0n) is 28.7. The maximum atomic E-state index is 10.9. The Hall–Kier alpha value is -6.23. The summed E-state index contributed by atoms with van der Waals surface area (Å²) in [4.78, 5) is 32.3. The first kappa shape index (κ1) is 39.6. The number of benzene rings is 3. The van der Waals surface area contributed by atoms with Crippen LogP contribution < -0.4 is 19.7 Å². The van der Waals surface area contributed by atoms with Gasteiger partial charge in [-0.3, -0.25) is 20.2 Å². The molecule has 16 heteroatoms. The fraction of sp³-hybridized carbons (Fsp3) is 0.108. The predicted octanol–water partition coefficient (Wildman–Crippen LogP) is 6.45. The highest BCUT2D eigenvalue weighted by Gasteiger charge is 2.21. The number of para-hydroxylation sites is 2. The molecule has 6 aromatic rings. The van der Waals surface area contributed by atoms with Crippen molar-refractivity contribution in [1.29, 1.82) is 0 Å². The number of fused-ring (bicyclic) bond motifs is 3. The Kier molecular flexibility index (Phi) is 14.5. The molecule has 0 atom stereocenters. The number of nitro groups is 2. The van der Waals surface area contributed by atoms with Gasteiger partial charge in [-0.25, -0.2) is 15.0 Å². The smallest absolute Gasteiger partial charge is 0.481 e. The zero-order chi connectivity index (χ0) is 38.3. The van der Waals surface area contributed by atoms with Crippen LogP contribution in [0.1, 0.15) is 11.1 Å². The standard InChI is InChI=1S/C13H11NO.C12H10N2O3.C6H8BNO3.C6H4BrNO2/c1-15-13-12-8-9-4-2-3-5-10(9)11(12)6-7-14-13;1-17-12-8-9(6-7-13-12)10-4-2-3-5-11(10)14(15)16;1-11-6-4-5(7(9)10)2-3-8-6;7-5-3-1-2-4-6(5)8(9)10/h2-7H,8H2,1H3;2-8H,1H3;2-4,9-10H,1H3;1-4H. The van der Waals surface area contributed by atoms with E-state index >= 15 is 0 Å². The lowest BCUT2D eigenvalue weighted by Crippen LogP contribution is -2.29. The van der Waals surface area contributed by atoms with Crippen LogP contribution in [0.5, 0.6) is 17.6 Å². The molecule has 0 unspecified atom stereocenters. The number of nitrogens with zero attached hydrogens (tertiary/aromatic N) is 5. The highest BCUT2D eigenvalue weighted by Crippen LogP contribution is 2.39. The molecule has 53 heavy (non-hydrogen) atoms. The number of methoxy groups -OCH3 is 3. The molecule has 1 aliphatic carbocycles. The van der Waals surface area contributed by atoms with Crippen LogP contribution >= 0.6 is 15.9 Å². The van der Waals surface area contributed by atoms with E-state index in [0.29, 0.717) is 32.8 Å². The van der Waals surface area contributed by atoms with Gasteiger partial charge in [0.25, 0.3) is 11.4 Å². The van der Waals surface area contributed by atoms with E-state index in [1.807, 2.05) is 0 Å². The molecular formula is C37H33BBrN5O9. The molecular weight excluding hydrogens is 749 g/mol. The Morgan fingerprint density at radius 3 is 1.83 bits per heavy atom. The first-order valence-electron chi connectivity index (χ1n) is 15.7. The van der Waals surface area contributed by atoms with Crippen molar-refractivity contribution < 1.29 is 34.1 Å². The van der Waals surface area contributed by atoms with Gasteiger partial charge >= 0.3 is 7.12 Å². The molecule has 7 rings (SSSR count). The van der Waals surface area contributed by atoms with Crippen LogP contribution in [-0.2, 0) is 6.42 Å². The van der Waals surface area contributed by atoms with E-state index in [0.717, 1.165) is 12.3 Å². The van der Waals surface area contributed by atoms with Gasteiger partial charge in [0.05, 0.1) is 41.2 Å². The van der Waals surface area contributed by atoms with E-state index in [2.05, 4.69) is 61.2 Å². The lowest BCUT2D eigenvalue weighted by molar-refractivity contribution is -0.385. The lowest BCUT2D eigenvalue weighted by Gasteiger charge is -2.04. The molecule has 3 aromatic carbocycles. The summed E-state index contributed by atoms with van der Waals surface area (Å²) in [5.74, 6) is 1.56. The Bertz CT molecular complexity index is 2170. The van der Waals surface area contributed by atoms with Crippen LogP contribution in [0.25, 0.3) is 22.3 Å². The SMILES string of the molecule is COc1cc(-c2ccccc2[N+](=O)[O-])ccn1.COc1cc(B(O)O)ccn1.COc1nccc2c1Cc1ccccc1-2.O=[N+]([O-])c1ccccc1Br. The summed E-state index contributed by atoms with van der Waals surface area (Å²) in [6.45, 7) is 0. The van der Waals surface area contributed by atoms with Crippen LogP contribution in [0.4, 0.5) is 11.4 Å². The molecule has 270 valence electrons. The summed E-state index contributed by atoms with van der Waals surface area (Å²) in [6, 6.07) is 29.9. The molecule has 0 saturated carbocycles. The lowest BCUT2D eigenvalue weighted by atomic mass is 9.81. The topological polar surface area (TPSA) is 193 Å². The van der Waals surface area contributed by atoms with Crippen molar-refractivity contribution in [3.8, 4) is 39.9 Å². The quantitative estimate of drug-likeness (QED) is 0.102. The van der Waals surface area contributed by atoms with E-state index in [-0.39, 0.29) is 11.4 Å². The van der Waals surface area contributed by atoms with Gasteiger partial charge in [-0.15, -0.1) is 0 Å². The van der Waals surface area contributed by atoms with E-state index in [1.165, 1.54) is 66.9 Å². The van der Waals surface area contributed by atoms with Gasteiger partial charge in [-0.2, -0.15) is 0 Å². The van der Waals surface area contributed by atoms with Crippen LogP contribution in [-0.4, -0.2) is 63.3 Å². The molecule has 0 bridgehead atoms. The van der Waals surface area contributed by atoms with Crippen molar-refractivity contribution in [2.24, 2.45) is 0 Å². The number of hydrogen-bond acceptors (Lipinski definition) is 12. The first-order valence-corrected chi connectivity index (χ1v) is 16.5. The summed E-state index contributed by atoms with van der Waals surface area (Å²) in [5.41, 5.74) is 6.95. The number of aromatic nitrogens is 3. The summed E-state index contributed by atoms with van der Waals surface area (Å²) in [7, 11) is 3.18. The third kappa shape index (κ3) is 10.6. The van der Waals surface area contributed by atoms with E-state index < -0.39 is 17.0 Å². The number of nitro benzene ring substituents is 2. The number of hydrogen-bond donors (Lipinski definition) is 2. The second-order valence-corrected chi connectivity index (χ2v) is 11.6. The molecule has 0 amide bonds. The fourth-order valence-corrected chi connectivity index (χ4v) is 5.49. The Balaban J connectivity index is 0.000000161. The molecule has 0 spiro atoms. The average Bonchev–Trinajstić information content (AvgIpc) is 3.58. The average molecular weight is 782 g/mol. The molecule has 0 aliphatic heterocycles. The van der Waals surface area contributed by atoms with Crippen LogP contribution in [0.15, 0.2) is 126 Å². The minimum Gasteiger partial charge on any atom is -0.481 e. The van der Waals surface area contributed by atoms with Crippen LogP contribution in [0.3, 0.4) is 0 Å².